The fourth-order valence-electron chi connectivity index (χ4n) is 2.00. The van der Waals surface area contributed by atoms with Crippen LogP contribution in [0.1, 0.15) is 45.4 Å². The number of nitrogens with two attached hydrogens (primary N) is 1. The largest absolute Gasteiger partial charge is 0.468 e. The third-order valence-electron chi connectivity index (χ3n) is 3.05. The van der Waals surface area contributed by atoms with Crippen molar-refractivity contribution >= 4 is 0 Å². The summed E-state index contributed by atoms with van der Waals surface area (Å²) in [4.78, 5) is 0. The molecular weight excluding hydrogens is 190 g/mol. The number of rotatable bonds is 6. The normalized spacial score (nSPS) is 14.1. The molecule has 1 atom stereocenters. The van der Waals surface area contributed by atoms with Crippen LogP contribution in [0.5, 0.6) is 0 Å². The molecule has 1 unspecified atom stereocenters. The summed E-state index contributed by atoms with van der Waals surface area (Å²) in [5.74, 6) is 0.798. The van der Waals surface area contributed by atoms with Crippen molar-refractivity contribution in [2.75, 3.05) is 6.61 Å². The maximum atomic E-state index is 6.21. The highest BCUT2D eigenvalue weighted by molar-refractivity contribution is 5.09. The molecule has 0 aliphatic heterocycles. The summed E-state index contributed by atoms with van der Waals surface area (Å²) in [6.07, 6.45) is 3.43. The Labute approximate surface area is 91.6 Å². The predicted molar refractivity (Wildman–Crippen MR) is 60.6 cm³/mol. The lowest BCUT2D eigenvalue weighted by molar-refractivity contribution is -0.0685. The molecule has 0 aliphatic rings. The standard InChI is InChI=1S/C12H21NO2/c1-4-12(5-2,15-6-3)11(13)10-8-7-9-14-10/h7-9,11H,4-6,13H2,1-3H3. The smallest absolute Gasteiger partial charge is 0.123 e. The Morgan fingerprint density at radius 1 is 1.40 bits per heavy atom. The Bertz CT molecular complexity index is 265. The molecule has 1 rings (SSSR count). The van der Waals surface area contributed by atoms with E-state index in [2.05, 4.69) is 13.8 Å². The van der Waals surface area contributed by atoms with E-state index in [0.717, 1.165) is 18.6 Å². The molecule has 0 spiro atoms. The molecule has 0 saturated carbocycles. The van der Waals surface area contributed by atoms with Crippen LogP contribution in [0.3, 0.4) is 0 Å². The van der Waals surface area contributed by atoms with E-state index in [1.807, 2.05) is 19.1 Å². The lowest BCUT2D eigenvalue weighted by atomic mass is 9.87. The van der Waals surface area contributed by atoms with Crippen molar-refractivity contribution in [1.82, 2.24) is 0 Å². The van der Waals surface area contributed by atoms with Gasteiger partial charge in [-0.1, -0.05) is 13.8 Å². The van der Waals surface area contributed by atoms with E-state index in [4.69, 9.17) is 14.9 Å². The van der Waals surface area contributed by atoms with E-state index in [9.17, 15) is 0 Å². The van der Waals surface area contributed by atoms with Crippen LogP contribution in [0.15, 0.2) is 22.8 Å². The van der Waals surface area contributed by atoms with Gasteiger partial charge in [-0.25, -0.2) is 0 Å². The first-order chi connectivity index (χ1) is 7.20. The minimum atomic E-state index is -0.299. The van der Waals surface area contributed by atoms with Gasteiger partial charge in [-0.2, -0.15) is 0 Å². The Morgan fingerprint density at radius 2 is 2.07 bits per heavy atom. The van der Waals surface area contributed by atoms with Crippen molar-refractivity contribution in [3.63, 3.8) is 0 Å². The summed E-state index contributed by atoms with van der Waals surface area (Å²) < 4.78 is 11.2. The van der Waals surface area contributed by atoms with Gasteiger partial charge in [-0.3, -0.25) is 0 Å². The predicted octanol–water partition coefficient (Wildman–Crippen LogP) is 2.87. The molecule has 0 radical (unpaired) electrons. The first-order valence-corrected chi connectivity index (χ1v) is 5.63. The van der Waals surface area contributed by atoms with E-state index in [0.29, 0.717) is 6.61 Å². The quantitative estimate of drug-likeness (QED) is 0.787. The Balaban J connectivity index is 2.88. The Kier molecular flexibility index (Phi) is 4.36. The maximum Gasteiger partial charge on any atom is 0.123 e. The molecule has 15 heavy (non-hydrogen) atoms. The first kappa shape index (κ1) is 12.3. The van der Waals surface area contributed by atoms with Crippen molar-refractivity contribution in [2.45, 2.75) is 45.3 Å². The third kappa shape index (κ3) is 2.41. The van der Waals surface area contributed by atoms with Crippen LogP contribution in [-0.4, -0.2) is 12.2 Å². The minimum Gasteiger partial charge on any atom is -0.468 e. The average Bonchev–Trinajstić information content (AvgIpc) is 2.78. The summed E-state index contributed by atoms with van der Waals surface area (Å²) in [6.45, 7) is 6.87. The van der Waals surface area contributed by atoms with E-state index in [1.54, 1.807) is 6.26 Å². The highest BCUT2D eigenvalue weighted by atomic mass is 16.5. The number of hydrogen-bond donors (Lipinski definition) is 1. The number of ether oxygens (including phenoxy) is 1. The lowest BCUT2D eigenvalue weighted by Gasteiger charge is -2.36. The molecule has 0 aliphatic carbocycles. The van der Waals surface area contributed by atoms with Crippen LogP contribution < -0.4 is 5.73 Å². The van der Waals surface area contributed by atoms with Gasteiger partial charge in [0, 0.05) is 6.61 Å². The second-order valence-corrected chi connectivity index (χ2v) is 3.70. The molecule has 0 fully saturated rings. The van der Waals surface area contributed by atoms with Crippen LogP contribution in [0.2, 0.25) is 0 Å². The summed E-state index contributed by atoms with van der Waals surface area (Å²) in [5.41, 5.74) is 5.91. The molecule has 1 aromatic rings. The third-order valence-corrected chi connectivity index (χ3v) is 3.05. The van der Waals surface area contributed by atoms with Gasteiger partial charge in [0.2, 0.25) is 0 Å². The second-order valence-electron chi connectivity index (χ2n) is 3.70. The summed E-state index contributed by atoms with van der Waals surface area (Å²) >= 11 is 0. The number of furan rings is 1. The zero-order chi connectivity index (χ0) is 11.3. The van der Waals surface area contributed by atoms with Gasteiger partial charge in [0.15, 0.2) is 0 Å². The second kappa shape index (κ2) is 5.33. The molecule has 1 aromatic heterocycles. The molecular formula is C12H21NO2. The van der Waals surface area contributed by atoms with Crippen molar-refractivity contribution in [1.29, 1.82) is 0 Å². The molecule has 0 amide bonds. The van der Waals surface area contributed by atoms with Crippen molar-refractivity contribution in [3.05, 3.63) is 24.2 Å². The van der Waals surface area contributed by atoms with Gasteiger partial charge in [0.1, 0.15) is 5.76 Å². The molecule has 0 saturated heterocycles. The van der Waals surface area contributed by atoms with Gasteiger partial charge in [0.05, 0.1) is 17.9 Å². The van der Waals surface area contributed by atoms with Crippen molar-refractivity contribution in [3.8, 4) is 0 Å². The zero-order valence-corrected chi connectivity index (χ0v) is 9.82. The Hall–Kier alpha value is -0.800. The fraction of sp³-hybridized carbons (Fsp3) is 0.667. The number of hydrogen-bond acceptors (Lipinski definition) is 3. The highest BCUT2D eigenvalue weighted by Gasteiger charge is 2.36. The van der Waals surface area contributed by atoms with E-state index < -0.39 is 0 Å². The van der Waals surface area contributed by atoms with Crippen LogP contribution in [-0.2, 0) is 4.74 Å². The molecule has 0 bridgehead atoms. The van der Waals surface area contributed by atoms with E-state index in [-0.39, 0.29) is 11.6 Å². The average molecular weight is 211 g/mol. The van der Waals surface area contributed by atoms with E-state index >= 15 is 0 Å². The zero-order valence-electron chi connectivity index (χ0n) is 9.82. The van der Waals surface area contributed by atoms with Gasteiger partial charge in [0.25, 0.3) is 0 Å². The first-order valence-electron chi connectivity index (χ1n) is 5.63. The molecule has 0 aromatic carbocycles. The van der Waals surface area contributed by atoms with Gasteiger partial charge in [-0.15, -0.1) is 0 Å². The summed E-state index contributed by atoms with van der Waals surface area (Å²) in [5, 5.41) is 0. The summed E-state index contributed by atoms with van der Waals surface area (Å²) in [7, 11) is 0. The van der Waals surface area contributed by atoms with Crippen LogP contribution in [0.25, 0.3) is 0 Å². The van der Waals surface area contributed by atoms with E-state index in [1.165, 1.54) is 0 Å². The maximum absolute atomic E-state index is 6.21. The SMILES string of the molecule is CCOC(CC)(CC)C(N)c1ccco1. The molecule has 2 N–H and O–H groups in total. The molecule has 86 valence electrons. The lowest BCUT2D eigenvalue weighted by Crippen LogP contribution is -2.42. The molecule has 3 heteroatoms. The summed E-state index contributed by atoms with van der Waals surface area (Å²) in [6, 6.07) is 3.57. The van der Waals surface area contributed by atoms with Gasteiger partial charge < -0.3 is 14.9 Å². The van der Waals surface area contributed by atoms with Crippen molar-refractivity contribution < 1.29 is 9.15 Å². The van der Waals surface area contributed by atoms with Crippen LogP contribution >= 0.6 is 0 Å². The fourth-order valence-corrected chi connectivity index (χ4v) is 2.00. The van der Waals surface area contributed by atoms with Crippen LogP contribution in [0.4, 0.5) is 0 Å². The Morgan fingerprint density at radius 3 is 2.47 bits per heavy atom. The van der Waals surface area contributed by atoms with Gasteiger partial charge in [-0.05, 0) is 31.9 Å². The van der Waals surface area contributed by atoms with Gasteiger partial charge >= 0.3 is 0 Å². The molecule has 1 heterocycles. The highest BCUT2D eigenvalue weighted by Crippen LogP contribution is 2.33. The topological polar surface area (TPSA) is 48.4 Å². The molecule has 3 nitrogen and oxygen atoms in total. The van der Waals surface area contributed by atoms with Crippen LogP contribution in [0, 0.1) is 0 Å². The minimum absolute atomic E-state index is 0.192. The monoisotopic (exact) mass is 211 g/mol. The van der Waals surface area contributed by atoms with Crippen molar-refractivity contribution in [2.24, 2.45) is 5.73 Å².